The van der Waals surface area contributed by atoms with E-state index in [1.165, 1.54) is 10.9 Å². The Hall–Kier alpha value is -4.95. The minimum absolute atomic E-state index is 0.115. The number of hydrogen-bond donors (Lipinski definition) is 1. The zero-order valence-corrected chi connectivity index (χ0v) is 23.6. The van der Waals surface area contributed by atoms with Crippen LogP contribution in [0.15, 0.2) is 77.4 Å². The largest absolute Gasteiger partial charge is 0.457 e. The van der Waals surface area contributed by atoms with Crippen molar-refractivity contribution in [2.75, 3.05) is 31.9 Å². The SMILES string of the molecule is CC(C)(/C=C(/C#N)C(=O)N1CC(n2c(=O)n(-c3ccc(Oc4ccccc4)cc3)c3c(N)ncnc32)C1)N1CCCC1. The molecule has 0 atom stereocenters. The molecule has 0 spiro atoms. The van der Waals surface area contributed by atoms with Crippen molar-refractivity contribution < 1.29 is 9.53 Å². The van der Waals surface area contributed by atoms with Gasteiger partial charge in [-0.1, -0.05) is 18.2 Å². The van der Waals surface area contributed by atoms with E-state index in [-0.39, 0.29) is 42.1 Å². The van der Waals surface area contributed by atoms with Crippen molar-refractivity contribution in [1.82, 2.24) is 28.9 Å². The average molecular weight is 565 g/mol. The van der Waals surface area contributed by atoms with Gasteiger partial charge in [-0.3, -0.25) is 18.8 Å². The number of nitrogens with zero attached hydrogens (tertiary/aromatic N) is 7. The van der Waals surface area contributed by atoms with Gasteiger partial charge >= 0.3 is 5.69 Å². The van der Waals surface area contributed by atoms with Crippen LogP contribution in [-0.2, 0) is 4.79 Å². The van der Waals surface area contributed by atoms with Crippen molar-refractivity contribution in [3.05, 3.63) is 83.1 Å². The van der Waals surface area contributed by atoms with Gasteiger partial charge in [-0.2, -0.15) is 5.26 Å². The van der Waals surface area contributed by atoms with Crippen LogP contribution in [0.5, 0.6) is 11.5 Å². The fourth-order valence-electron chi connectivity index (χ4n) is 5.76. The molecule has 2 saturated heterocycles. The number of aromatic nitrogens is 4. The van der Waals surface area contributed by atoms with Crippen LogP contribution >= 0.6 is 0 Å². The third-order valence-corrected chi connectivity index (χ3v) is 8.04. The number of carbonyl (C=O) groups is 1. The summed E-state index contributed by atoms with van der Waals surface area (Å²) in [6.45, 7) is 6.50. The maximum Gasteiger partial charge on any atom is 0.335 e. The maximum atomic E-state index is 13.9. The first-order valence-electron chi connectivity index (χ1n) is 14.0. The molecule has 0 aliphatic carbocycles. The molecule has 11 heteroatoms. The van der Waals surface area contributed by atoms with Crippen LogP contribution in [0.2, 0.25) is 0 Å². The Bertz CT molecular complexity index is 1750. The van der Waals surface area contributed by atoms with Crippen LogP contribution in [0.1, 0.15) is 32.7 Å². The highest BCUT2D eigenvalue weighted by Crippen LogP contribution is 2.30. The second kappa shape index (κ2) is 10.8. The minimum Gasteiger partial charge on any atom is -0.457 e. The number of carbonyl (C=O) groups excluding carboxylic acids is 1. The van der Waals surface area contributed by atoms with Gasteiger partial charge in [0.1, 0.15) is 35.0 Å². The molecule has 2 aliphatic rings. The van der Waals surface area contributed by atoms with Gasteiger partial charge in [0, 0.05) is 18.6 Å². The molecule has 0 unspecified atom stereocenters. The van der Waals surface area contributed by atoms with Crippen molar-refractivity contribution in [2.24, 2.45) is 0 Å². The number of benzene rings is 2. The molecule has 2 aliphatic heterocycles. The number of imidazole rings is 1. The smallest absolute Gasteiger partial charge is 0.335 e. The molecular weight excluding hydrogens is 532 g/mol. The molecule has 42 heavy (non-hydrogen) atoms. The van der Waals surface area contributed by atoms with Crippen LogP contribution in [-0.4, -0.2) is 66.5 Å². The Kier molecular flexibility index (Phi) is 7.00. The highest BCUT2D eigenvalue weighted by Gasteiger charge is 2.38. The number of nitrogens with two attached hydrogens (primary N) is 1. The zero-order valence-electron chi connectivity index (χ0n) is 23.6. The lowest BCUT2D eigenvalue weighted by Crippen LogP contribution is -2.53. The summed E-state index contributed by atoms with van der Waals surface area (Å²) < 4.78 is 8.94. The Morgan fingerprint density at radius 3 is 2.38 bits per heavy atom. The third kappa shape index (κ3) is 4.90. The van der Waals surface area contributed by atoms with E-state index in [4.69, 9.17) is 10.5 Å². The van der Waals surface area contributed by atoms with Crippen molar-refractivity contribution in [2.45, 2.75) is 38.3 Å². The van der Waals surface area contributed by atoms with Gasteiger partial charge in [0.05, 0.1) is 11.7 Å². The first-order valence-corrected chi connectivity index (χ1v) is 14.0. The van der Waals surface area contributed by atoms with Gasteiger partial charge in [0.2, 0.25) is 0 Å². The van der Waals surface area contributed by atoms with Crippen molar-refractivity contribution >= 4 is 22.9 Å². The molecule has 4 heterocycles. The first-order chi connectivity index (χ1) is 20.3. The van der Waals surface area contributed by atoms with E-state index in [0.717, 1.165) is 25.9 Å². The van der Waals surface area contributed by atoms with Gasteiger partial charge in [0.15, 0.2) is 11.5 Å². The van der Waals surface area contributed by atoms with E-state index in [1.807, 2.05) is 44.2 Å². The summed E-state index contributed by atoms with van der Waals surface area (Å²) in [6.07, 6.45) is 5.32. The number of likely N-dealkylation sites (tertiary alicyclic amines) is 2. The normalized spacial score (nSPS) is 16.4. The predicted octanol–water partition coefficient (Wildman–Crippen LogP) is 3.66. The van der Waals surface area contributed by atoms with E-state index in [2.05, 4.69) is 20.9 Å². The van der Waals surface area contributed by atoms with Crippen molar-refractivity contribution in [3.8, 4) is 23.3 Å². The van der Waals surface area contributed by atoms with Gasteiger partial charge in [-0.15, -0.1) is 0 Å². The molecule has 0 radical (unpaired) electrons. The molecule has 214 valence electrons. The summed E-state index contributed by atoms with van der Waals surface area (Å²) in [7, 11) is 0. The van der Waals surface area contributed by atoms with E-state index in [0.29, 0.717) is 28.4 Å². The Morgan fingerprint density at radius 1 is 1.05 bits per heavy atom. The van der Waals surface area contributed by atoms with E-state index >= 15 is 0 Å². The Balaban J connectivity index is 1.26. The Labute approximate surface area is 243 Å². The summed E-state index contributed by atoms with van der Waals surface area (Å²) in [5, 5.41) is 9.82. The molecular formula is C31H32N8O3. The highest BCUT2D eigenvalue weighted by molar-refractivity contribution is 5.98. The lowest BCUT2D eigenvalue weighted by atomic mass is 9.98. The first kappa shape index (κ1) is 27.2. The van der Waals surface area contributed by atoms with E-state index < -0.39 is 5.54 Å². The summed E-state index contributed by atoms with van der Waals surface area (Å²) in [4.78, 5) is 39.5. The third-order valence-electron chi connectivity index (χ3n) is 8.04. The van der Waals surface area contributed by atoms with Gasteiger partial charge in [-0.25, -0.2) is 14.8 Å². The topological polar surface area (TPSA) is 135 Å². The van der Waals surface area contributed by atoms with E-state index in [9.17, 15) is 14.9 Å². The van der Waals surface area contributed by atoms with Crippen LogP contribution < -0.4 is 16.2 Å². The monoisotopic (exact) mass is 564 g/mol. The number of rotatable bonds is 7. The number of amides is 1. The minimum atomic E-state index is -0.401. The van der Waals surface area contributed by atoms with Crippen molar-refractivity contribution in [3.63, 3.8) is 0 Å². The maximum absolute atomic E-state index is 13.9. The van der Waals surface area contributed by atoms with Crippen LogP contribution in [0.3, 0.4) is 0 Å². The quantitative estimate of drug-likeness (QED) is 0.265. The molecule has 6 rings (SSSR count). The summed E-state index contributed by atoms with van der Waals surface area (Å²) in [6, 6.07) is 18.3. The molecule has 2 fully saturated rings. The van der Waals surface area contributed by atoms with Crippen LogP contribution in [0.4, 0.5) is 5.82 Å². The predicted molar refractivity (Wildman–Crippen MR) is 158 cm³/mol. The molecule has 0 saturated carbocycles. The number of ether oxygens (including phenoxy) is 1. The molecule has 2 aromatic heterocycles. The zero-order chi connectivity index (χ0) is 29.4. The van der Waals surface area contributed by atoms with Crippen LogP contribution in [0.25, 0.3) is 16.9 Å². The summed E-state index contributed by atoms with van der Waals surface area (Å²) >= 11 is 0. The summed E-state index contributed by atoms with van der Waals surface area (Å²) in [5.74, 6) is 1.16. The van der Waals surface area contributed by atoms with Crippen molar-refractivity contribution in [1.29, 1.82) is 5.26 Å². The standard InChI is InChI=1S/C31H32N8O3/c1-31(2,37-14-6-7-15-37)16-21(17-32)29(40)36-18-23(19-36)39-28-26(27(33)34-20-35-28)38(30(39)41)22-10-12-25(13-11-22)42-24-8-4-3-5-9-24/h3-5,8-13,16,20,23H,6-7,14-15,18-19H2,1-2H3,(H2,33,34,35)/b21-16-. The summed E-state index contributed by atoms with van der Waals surface area (Å²) in [5.41, 5.74) is 7.00. The molecule has 2 N–H and O–H groups in total. The second-order valence-electron chi connectivity index (χ2n) is 11.2. The number of anilines is 1. The van der Waals surface area contributed by atoms with Gasteiger partial charge in [-0.05, 0) is 82.3 Å². The van der Waals surface area contributed by atoms with Gasteiger partial charge < -0.3 is 15.4 Å². The number of para-hydroxylation sites is 1. The number of nitriles is 1. The molecule has 1 amide bonds. The number of nitrogen functional groups attached to an aromatic ring is 1. The lowest BCUT2D eigenvalue weighted by molar-refractivity contribution is -0.132. The fourth-order valence-corrected chi connectivity index (χ4v) is 5.76. The number of hydrogen-bond acceptors (Lipinski definition) is 8. The van der Waals surface area contributed by atoms with Crippen LogP contribution in [0, 0.1) is 11.3 Å². The fraction of sp³-hybridized carbons (Fsp3) is 0.323. The number of fused-ring (bicyclic) bond motifs is 1. The van der Waals surface area contributed by atoms with E-state index in [1.54, 1.807) is 39.8 Å². The Morgan fingerprint density at radius 2 is 1.71 bits per heavy atom. The molecule has 2 aromatic carbocycles. The molecule has 4 aromatic rings. The molecule has 0 bridgehead atoms. The average Bonchev–Trinajstić information content (AvgIpc) is 3.61. The molecule has 11 nitrogen and oxygen atoms in total. The highest BCUT2D eigenvalue weighted by atomic mass is 16.5. The lowest BCUT2D eigenvalue weighted by Gasteiger charge is -2.40. The van der Waals surface area contributed by atoms with Gasteiger partial charge in [0.25, 0.3) is 5.91 Å². The second-order valence-corrected chi connectivity index (χ2v) is 11.2.